The highest BCUT2D eigenvalue weighted by atomic mass is 16.3. The minimum atomic E-state index is 0.879. The molecule has 4 nitrogen and oxygen atoms in total. The van der Waals surface area contributed by atoms with Crippen molar-refractivity contribution in [3.05, 3.63) is 188 Å². The fourth-order valence-corrected chi connectivity index (χ4v) is 8.04. The molecule has 0 saturated heterocycles. The van der Waals surface area contributed by atoms with Crippen molar-refractivity contribution in [2.45, 2.75) is 0 Å². The highest BCUT2D eigenvalue weighted by molar-refractivity contribution is 6.22. The van der Waals surface area contributed by atoms with Crippen molar-refractivity contribution in [2.24, 2.45) is 0 Å². The average Bonchev–Trinajstić information content (AvgIpc) is 3.91. The highest BCUT2D eigenvalue weighted by Crippen LogP contribution is 2.42. The van der Waals surface area contributed by atoms with Gasteiger partial charge >= 0.3 is 0 Å². The number of imidazole rings is 1. The second kappa shape index (κ2) is 11.7. The Balaban J connectivity index is 1.14. The molecule has 0 aliphatic rings. The average molecular weight is 678 g/mol. The Kier molecular flexibility index (Phi) is 6.52. The quantitative estimate of drug-likeness (QED) is 0.182. The first-order valence-electron chi connectivity index (χ1n) is 18.0. The largest absolute Gasteiger partial charge is 0.454 e. The first kappa shape index (κ1) is 29.5. The van der Waals surface area contributed by atoms with Crippen LogP contribution in [0.1, 0.15) is 0 Å². The summed E-state index contributed by atoms with van der Waals surface area (Å²) >= 11 is 0. The SMILES string of the molecule is c1ccc(-c2ccc3oc4c(ccc5c6cc(-c7ccccc7)ccc6n(-c6ccc(-c7nc8ccccc8n7-c7ccccc7)cc6)c54)c3c2)cc1. The monoisotopic (exact) mass is 677 g/mol. The zero-order chi connectivity index (χ0) is 34.9. The van der Waals surface area contributed by atoms with Crippen molar-refractivity contribution in [2.75, 3.05) is 0 Å². The lowest BCUT2D eigenvalue weighted by Gasteiger charge is -2.12. The van der Waals surface area contributed by atoms with Crippen molar-refractivity contribution in [1.82, 2.24) is 14.1 Å². The van der Waals surface area contributed by atoms with Crippen LogP contribution in [0.15, 0.2) is 192 Å². The second-order valence-corrected chi connectivity index (χ2v) is 13.6. The van der Waals surface area contributed by atoms with Crippen LogP contribution >= 0.6 is 0 Å². The first-order chi connectivity index (χ1) is 26.3. The van der Waals surface area contributed by atoms with Gasteiger partial charge in [-0.15, -0.1) is 0 Å². The minimum absolute atomic E-state index is 0.879. The molecule has 3 aromatic heterocycles. The predicted octanol–water partition coefficient (Wildman–Crippen LogP) is 13.0. The van der Waals surface area contributed by atoms with Crippen molar-refractivity contribution < 1.29 is 4.42 Å². The fraction of sp³-hybridized carbons (Fsp3) is 0. The molecule has 248 valence electrons. The number of aromatic nitrogens is 3. The van der Waals surface area contributed by atoms with Gasteiger partial charge in [0.15, 0.2) is 5.58 Å². The van der Waals surface area contributed by atoms with E-state index in [0.717, 1.165) is 72.2 Å². The van der Waals surface area contributed by atoms with Gasteiger partial charge in [0.1, 0.15) is 11.4 Å². The predicted molar refractivity (Wildman–Crippen MR) is 219 cm³/mol. The molecule has 0 spiro atoms. The fourth-order valence-electron chi connectivity index (χ4n) is 8.04. The van der Waals surface area contributed by atoms with Gasteiger partial charge in [-0.25, -0.2) is 4.98 Å². The van der Waals surface area contributed by atoms with E-state index >= 15 is 0 Å². The third-order valence-electron chi connectivity index (χ3n) is 10.5. The lowest BCUT2D eigenvalue weighted by Crippen LogP contribution is -1.98. The van der Waals surface area contributed by atoms with Crippen molar-refractivity contribution in [1.29, 1.82) is 0 Å². The van der Waals surface area contributed by atoms with E-state index < -0.39 is 0 Å². The summed E-state index contributed by atoms with van der Waals surface area (Å²) in [7, 11) is 0. The molecule has 0 unspecified atom stereocenters. The summed E-state index contributed by atoms with van der Waals surface area (Å²) in [6, 6.07) is 66.6. The standard InChI is InChI=1S/C49H31N3O/c1-4-12-32(13-5-1)35-22-28-44-41(30-35)39-26-27-40-42-31-36(33-14-6-2-7-15-33)23-29-46(42)53-48(40)47(39)51(44)38-24-20-34(21-25-38)49-50-43-18-10-11-19-45(43)52(49)37-16-8-3-9-17-37/h1-31H. The zero-order valence-electron chi connectivity index (χ0n) is 28.6. The van der Waals surface area contributed by atoms with Crippen LogP contribution in [0, 0.1) is 0 Å². The Morgan fingerprint density at radius 2 is 0.962 bits per heavy atom. The van der Waals surface area contributed by atoms with E-state index in [1.165, 1.54) is 27.6 Å². The van der Waals surface area contributed by atoms with Gasteiger partial charge in [-0.3, -0.25) is 4.57 Å². The Morgan fingerprint density at radius 3 is 1.70 bits per heavy atom. The van der Waals surface area contributed by atoms with Crippen molar-refractivity contribution in [3.8, 4) is 45.0 Å². The van der Waals surface area contributed by atoms with E-state index in [2.05, 4.69) is 185 Å². The van der Waals surface area contributed by atoms with Crippen LogP contribution in [0.4, 0.5) is 0 Å². The summed E-state index contributed by atoms with van der Waals surface area (Å²) in [6.07, 6.45) is 0. The molecule has 0 aliphatic heterocycles. The maximum atomic E-state index is 6.82. The third kappa shape index (κ3) is 4.66. The molecule has 11 aromatic rings. The van der Waals surface area contributed by atoms with Gasteiger partial charge in [0, 0.05) is 38.5 Å². The molecular formula is C49H31N3O. The molecule has 11 rings (SSSR count). The van der Waals surface area contributed by atoms with Gasteiger partial charge in [-0.2, -0.15) is 0 Å². The topological polar surface area (TPSA) is 35.9 Å². The Labute approximate surface area is 305 Å². The molecule has 0 atom stereocenters. The number of fused-ring (bicyclic) bond motifs is 8. The summed E-state index contributed by atoms with van der Waals surface area (Å²) in [5, 5.41) is 4.55. The van der Waals surface area contributed by atoms with Gasteiger partial charge in [0.25, 0.3) is 0 Å². The minimum Gasteiger partial charge on any atom is -0.454 e. The molecule has 0 fully saturated rings. The van der Waals surface area contributed by atoms with Crippen LogP contribution in [0.5, 0.6) is 0 Å². The van der Waals surface area contributed by atoms with Gasteiger partial charge in [0.05, 0.1) is 22.1 Å². The molecule has 0 amide bonds. The molecule has 0 N–H and O–H groups in total. The molecule has 53 heavy (non-hydrogen) atoms. The van der Waals surface area contributed by atoms with Crippen LogP contribution in [-0.4, -0.2) is 14.1 Å². The van der Waals surface area contributed by atoms with Crippen LogP contribution in [0.25, 0.3) is 99.8 Å². The van der Waals surface area contributed by atoms with Crippen molar-refractivity contribution >= 4 is 54.8 Å². The molecule has 3 heterocycles. The second-order valence-electron chi connectivity index (χ2n) is 13.6. The van der Waals surface area contributed by atoms with Crippen molar-refractivity contribution in [3.63, 3.8) is 0 Å². The van der Waals surface area contributed by atoms with E-state index in [0.29, 0.717) is 0 Å². The smallest absolute Gasteiger partial charge is 0.160 e. The van der Waals surface area contributed by atoms with E-state index in [1.54, 1.807) is 0 Å². The number of hydrogen-bond acceptors (Lipinski definition) is 2. The van der Waals surface area contributed by atoms with E-state index in [1.807, 2.05) is 12.1 Å². The Morgan fingerprint density at radius 1 is 0.377 bits per heavy atom. The normalized spacial score (nSPS) is 11.8. The number of hydrogen-bond donors (Lipinski definition) is 0. The van der Waals surface area contributed by atoms with Gasteiger partial charge in [-0.05, 0) is 101 Å². The summed E-state index contributed by atoms with van der Waals surface area (Å²) in [6.45, 7) is 0. The molecule has 0 aliphatic carbocycles. The van der Waals surface area contributed by atoms with Crippen LogP contribution in [0.2, 0.25) is 0 Å². The number of furan rings is 1. The van der Waals surface area contributed by atoms with E-state index in [4.69, 9.17) is 9.40 Å². The molecule has 0 saturated carbocycles. The lowest BCUT2D eigenvalue weighted by atomic mass is 10.0. The van der Waals surface area contributed by atoms with E-state index in [9.17, 15) is 0 Å². The number of rotatable bonds is 5. The summed E-state index contributed by atoms with van der Waals surface area (Å²) in [5.41, 5.74) is 13.9. The van der Waals surface area contributed by atoms with Crippen LogP contribution < -0.4 is 0 Å². The number of para-hydroxylation sites is 3. The summed E-state index contributed by atoms with van der Waals surface area (Å²) in [4.78, 5) is 5.13. The van der Waals surface area contributed by atoms with E-state index in [-0.39, 0.29) is 0 Å². The van der Waals surface area contributed by atoms with Gasteiger partial charge in [-0.1, -0.05) is 109 Å². The molecule has 0 bridgehead atoms. The lowest BCUT2D eigenvalue weighted by molar-refractivity contribution is 0.671. The van der Waals surface area contributed by atoms with Gasteiger partial charge in [0.2, 0.25) is 0 Å². The Hall–Kier alpha value is -7.17. The zero-order valence-corrected chi connectivity index (χ0v) is 28.6. The first-order valence-corrected chi connectivity index (χ1v) is 18.0. The van der Waals surface area contributed by atoms with Crippen LogP contribution in [0.3, 0.4) is 0 Å². The molecule has 8 aromatic carbocycles. The molecule has 4 heteroatoms. The maximum Gasteiger partial charge on any atom is 0.160 e. The number of nitrogens with zero attached hydrogens (tertiary/aromatic N) is 3. The Bertz CT molecular complexity index is 3130. The van der Waals surface area contributed by atoms with Gasteiger partial charge < -0.3 is 8.98 Å². The third-order valence-corrected chi connectivity index (χ3v) is 10.5. The number of benzene rings is 8. The molecular weight excluding hydrogens is 647 g/mol. The maximum absolute atomic E-state index is 6.82. The summed E-state index contributed by atoms with van der Waals surface area (Å²) in [5.74, 6) is 0.910. The highest BCUT2D eigenvalue weighted by Gasteiger charge is 2.21. The summed E-state index contributed by atoms with van der Waals surface area (Å²) < 4.78 is 11.4. The molecule has 0 radical (unpaired) electrons. The van der Waals surface area contributed by atoms with Crippen LogP contribution in [-0.2, 0) is 0 Å².